The van der Waals surface area contributed by atoms with E-state index in [1.807, 2.05) is 6.92 Å². The summed E-state index contributed by atoms with van der Waals surface area (Å²) in [4.78, 5) is 13.7. The van der Waals surface area contributed by atoms with E-state index >= 15 is 0 Å². The van der Waals surface area contributed by atoms with E-state index in [0.29, 0.717) is 28.8 Å². The number of rotatable bonds is 7. The first-order chi connectivity index (χ1) is 11.4. The van der Waals surface area contributed by atoms with Crippen LogP contribution in [0.2, 0.25) is 5.02 Å². The third-order valence-electron chi connectivity index (χ3n) is 3.13. The van der Waals surface area contributed by atoms with Crippen molar-refractivity contribution in [3.63, 3.8) is 0 Å². The van der Waals surface area contributed by atoms with Crippen LogP contribution in [0.5, 0.6) is 11.5 Å². The van der Waals surface area contributed by atoms with Gasteiger partial charge in [0, 0.05) is 30.7 Å². The number of benzene rings is 1. The molecule has 1 aromatic carbocycles. The Balaban J connectivity index is 2.02. The molecule has 7 heteroatoms. The molecule has 0 saturated heterocycles. The quantitative estimate of drug-likeness (QED) is 0.714. The molecule has 0 aliphatic heterocycles. The number of aromatic nitrogens is 1. The summed E-state index contributed by atoms with van der Waals surface area (Å²) in [5, 5.41) is 4.33. The fraction of sp³-hybridized carbons (Fsp3) is 0.294. The Morgan fingerprint density at radius 1 is 1.38 bits per heavy atom. The highest BCUT2D eigenvalue weighted by atomic mass is 35.5. The maximum absolute atomic E-state index is 12.2. The molecule has 24 heavy (non-hydrogen) atoms. The lowest BCUT2D eigenvalue weighted by Crippen LogP contribution is -2.28. The molecular weight excluding hydrogens is 332 g/mol. The molecule has 0 atom stereocenters. The Kier molecular flexibility index (Phi) is 5.87. The van der Waals surface area contributed by atoms with Gasteiger partial charge in [0.2, 0.25) is 0 Å². The molecule has 0 saturated carbocycles. The minimum Gasteiger partial charge on any atom is -0.493 e. The summed E-state index contributed by atoms with van der Waals surface area (Å²) in [7, 11) is 3.21. The van der Waals surface area contributed by atoms with Crippen LogP contribution in [0.15, 0.2) is 40.9 Å². The van der Waals surface area contributed by atoms with Crippen LogP contribution in [0.1, 0.15) is 23.2 Å². The molecular formula is C17H19ClN2O4. The number of nitrogens with zero attached hydrogens (tertiary/aromatic N) is 2. The molecule has 0 fully saturated rings. The van der Waals surface area contributed by atoms with Gasteiger partial charge in [0.15, 0.2) is 23.0 Å². The summed E-state index contributed by atoms with van der Waals surface area (Å²) in [6.07, 6.45) is 0. The van der Waals surface area contributed by atoms with Crippen LogP contribution in [0, 0.1) is 0 Å². The lowest BCUT2D eigenvalue weighted by Gasteiger charge is -2.14. The molecule has 1 aromatic heterocycles. The van der Waals surface area contributed by atoms with Crippen molar-refractivity contribution in [3.05, 3.63) is 52.9 Å². The summed E-state index contributed by atoms with van der Waals surface area (Å²) >= 11 is 5.90. The highest BCUT2D eigenvalue weighted by molar-refractivity contribution is 6.30. The number of hydrogen-bond donors (Lipinski definition) is 0. The van der Waals surface area contributed by atoms with Crippen LogP contribution in [0.25, 0.3) is 0 Å². The molecule has 0 radical (unpaired) electrons. The maximum atomic E-state index is 12.2. The Labute approximate surface area is 145 Å². The molecule has 0 N–H and O–H groups in total. The second-order valence-electron chi connectivity index (χ2n) is 5.38. The fourth-order valence-corrected chi connectivity index (χ4v) is 2.23. The fourth-order valence-electron chi connectivity index (χ4n) is 2.06. The van der Waals surface area contributed by atoms with Gasteiger partial charge < -0.3 is 18.9 Å². The number of methoxy groups -OCH3 is 1. The van der Waals surface area contributed by atoms with Crippen molar-refractivity contribution >= 4 is 17.5 Å². The average Bonchev–Trinajstić information content (AvgIpc) is 3.01. The Morgan fingerprint density at radius 3 is 2.79 bits per heavy atom. The van der Waals surface area contributed by atoms with Crippen LogP contribution in [0.4, 0.5) is 0 Å². The van der Waals surface area contributed by atoms with E-state index in [9.17, 15) is 4.79 Å². The van der Waals surface area contributed by atoms with Gasteiger partial charge in [-0.3, -0.25) is 4.79 Å². The summed E-state index contributed by atoms with van der Waals surface area (Å²) in [5.74, 6) is 1.22. The van der Waals surface area contributed by atoms with Gasteiger partial charge in [-0.25, -0.2) is 0 Å². The Morgan fingerprint density at radius 2 is 2.12 bits per heavy atom. The number of hydrogen-bond acceptors (Lipinski definition) is 5. The Bertz CT molecular complexity index is 742. The van der Waals surface area contributed by atoms with Crippen LogP contribution < -0.4 is 9.47 Å². The zero-order chi connectivity index (χ0) is 17.7. The predicted molar refractivity (Wildman–Crippen MR) is 90.6 cm³/mol. The van der Waals surface area contributed by atoms with Crippen molar-refractivity contribution in [2.24, 2.45) is 0 Å². The first-order valence-electron chi connectivity index (χ1n) is 7.22. The molecule has 0 bridgehead atoms. The minimum absolute atomic E-state index is 0.114. The normalized spacial score (nSPS) is 10.3. The highest BCUT2D eigenvalue weighted by Gasteiger charge is 2.17. The number of ether oxygens (including phenoxy) is 2. The van der Waals surface area contributed by atoms with Crippen molar-refractivity contribution in [2.75, 3.05) is 20.7 Å². The van der Waals surface area contributed by atoms with Crippen molar-refractivity contribution in [1.29, 1.82) is 0 Å². The van der Waals surface area contributed by atoms with Crippen molar-refractivity contribution < 1.29 is 18.8 Å². The molecule has 6 nitrogen and oxygen atoms in total. The van der Waals surface area contributed by atoms with Gasteiger partial charge >= 0.3 is 0 Å². The Hall–Kier alpha value is -2.47. The predicted octanol–water partition coefficient (Wildman–Crippen LogP) is 3.56. The number of carbonyl (C=O) groups excluding carboxylic acids is 1. The first-order valence-corrected chi connectivity index (χ1v) is 7.60. The SMILES string of the molecule is C=C(C)CN(C)C(=O)c1cc(COc2ccc(Cl)cc2OC)on1. The van der Waals surface area contributed by atoms with Gasteiger partial charge in [-0.15, -0.1) is 0 Å². The maximum Gasteiger partial charge on any atom is 0.276 e. The van der Waals surface area contributed by atoms with E-state index in [2.05, 4.69) is 11.7 Å². The van der Waals surface area contributed by atoms with E-state index in [-0.39, 0.29) is 18.2 Å². The van der Waals surface area contributed by atoms with Gasteiger partial charge in [0.05, 0.1) is 7.11 Å². The lowest BCUT2D eigenvalue weighted by atomic mass is 10.3. The molecule has 2 rings (SSSR count). The molecule has 2 aromatic rings. The first kappa shape index (κ1) is 17.9. The van der Waals surface area contributed by atoms with Crippen LogP contribution in [-0.4, -0.2) is 36.7 Å². The van der Waals surface area contributed by atoms with Gasteiger partial charge in [0.25, 0.3) is 5.91 Å². The molecule has 0 spiro atoms. The molecule has 1 heterocycles. The number of likely N-dealkylation sites (N-methyl/N-ethyl adjacent to an activating group) is 1. The van der Waals surface area contributed by atoms with E-state index in [1.54, 1.807) is 31.3 Å². The number of halogens is 1. The van der Waals surface area contributed by atoms with Gasteiger partial charge in [-0.05, 0) is 19.1 Å². The topological polar surface area (TPSA) is 64.8 Å². The molecule has 0 aliphatic rings. The average molecular weight is 351 g/mol. The molecule has 1 amide bonds. The summed E-state index contributed by atoms with van der Waals surface area (Å²) in [6, 6.07) is 6.60. The monoisotopic (exact) mass is 350 g/mol. The van der Waals surface area contributed by atoms with E-state index in [1.165, 1.54) is 12.0 Å². The van der Waals surface area contributed by atoms with Crippen LogP contribution >= 0.6 is 11.6 Å². The summed E-state index contributed by atoms with van der Waals surface area (Å²) in [5.41, 5.74) is 1.10. The standard InChI is InChI=1S/C17H19ClN2O4/c1-11(2)9-20(3)17(21)14-8-13(24-19-14)10-23-15-6-5-12(18)7-16(15)22-4/h5-8H,1,9-10H2,2-4H3. The van der Waals surface area contributed by atoms with Gasteiger partial charge in [-0.2, -0.15) is 0 Å². The zero-order valence-electron chi connectivity index (χ0n) is 13.8. The molecule has 0 aliphatic carbocycles. The van der Waals surface area contributed by atoms with Gasteiger partial charge in [0.1, 0.15) is 6.61 Å². The number of amides is 1. The van der Waals surface area contributed by atoms with E-state index in [0.717, 1.165) is 5.57 Å². The highest BCUT2D eigenvalue weighted by Crippen LogP contribution is 2.30. The third-order valence-corrected chi connectivity index (χ3v) is 3.36. The second kappa shape index (κ2) is 7.88. The van der Waals surface area contributed by atoms with Crippen LogP contribution in [-0.2, 0) is 6.61 Å². The van der Waals surface area contributed by atoms with E-state index in [4.69, 9.17) is 25.6 Å². The van der Waals surface area contributed by atoms with Crippen LogP contribution in [0.3, 0.4) is 0 Å². The smallest absolute Gasteiger partial charge is 0.276 e. The van der Waals surface area contributed by atoms with Crippen molar-refractivity contribution in [2.45, 2.75) is 13.5 Å². The minimum atomic E-state index is -0.239. The second-order valence-corrected chi connectivity index (χ2v) is 5.82. The van der Waals surface area contributed by atoms with Crippen molar-refractivity contribution in [3.8, 4) is 11.5 Å². The zero-order valence-corrected chi connectivity index (χ0v) is 14.6. The van der Waals surface area contributed by atoms with Crippen molar-refractivity contribution in [1.82, 2.24) is 10.1 Å². The third kappa shape index (κ3) is 4.52. The van der Waals surface area contributed by atoms with Gasteiger partial charge in [-0.1, -0.05) is 28.9 Å². The molecule has 0 unspecified atom stereocenters. The lowest BCUT2D eigenvalue weighted by molar-refractivity contribution is 0.0796. The summed E-state index contributed by atoms with van der Waals surface area (Å²) in [6.45, 7) is 6.21. The number of carbonyl (C=O) groups is 1. The molecule has 128 valence electrons. The van der Waals surface area contributed by atoms with E-state index < -0.39 is 0 Å². The largest absolute Gasteiger partial charge is 0.493 e. The summed E-state index contributed by atoms with van der Waals surface area (Å²) < 4.78 is 16.0.